The van der Waals surface area contributed by atoms with Gasteiger partial charge in [-0.25, -0.2) is 0 Å². The van der Waals surface area contributed by atoms with Gasteiger partial charge in [-0.05, 0) is 33.6 Å². The Bertz CT molecular complexity index is 228. The summed E-state index contributed by atoms with van der Waals surface area (Å²) in [6.07, 6.45) is 0. The molecule has 0 bridgehead atoms. The second-order valence-corrected chi connectivity index (χ2v) is 3.63. The van der Waals surface area contributed by atoms with Gasteiger partial charge in [-0.3, -0.25) is 0 Å². The Morgan fingerprint density at radius 3 is 1.92 bits per heavy atom. The van der Waals surface area contributed by atoms with E-state index in [2.05, 4.69) is 33.6 Å². The van der Waals surface area contributed by atoms with Crippen LogP contribution >= 0.6 is 43.8 Å². The lowest BCUT2D eigenvalue weighted by molar-refractivity contribution is 0.571. The largest absolute Gasteiger partial charge is 0.499 e. The van der Waals surface area contributed by atoms with Crippen molar-refractivity contribution in [2.75, 3.05) is 0 Å². The van der Waals surface area contributed by atoms with Crippen LogP contribution in [0, 0.1) is 0 Å². The first-order chi connectivity index (χ1) is 5.72. The monoisotopic (exact) mass is 240 g/mol. The Labute approximate surface area is 89.7 Å². The van der Waals surface area contributed by atoms with E-state index in [1.807, 2.05) is 18.2 Å². The van der Waals surface area contributed by atoms with Crippen molar-refractivity contribution < 1.29 is 5.11 Å². The van der Waals surface area contributed by atoms with Crippen molar-refractivity contribution in [2.45, 2.75) is 0 Å². The fourth-order valence-corrected chi connectivity index (χ4v) is 0.717. The Kier molecular flexibility index (Phi) is 7.70. The zero-order valence-electron chi connectivity index (χ0n) is 5.91. The lowest BCUT2D eigenvalue weighted by atomic mass is 10.2. The van der Waals surface area contributed by atoms with Crippen molar-refractivity contribution in [1.82, 2.24) is 0 Å². The van der Waals surface area contributed by atoms with Gasteiger partial charge in [0, 0.05) is 5.56 Å². The smallest absolute Gasteiger partial charge is 0.188 e. The van der Waals surface area contributed by atoms with Gasteiger partial charge in [0.25, 0.3) is 0 Å². The molecule has 0 saturated heterocycles. The molecule has 0 aliphatic carbocycles. The van der Waals surface area contributed by atoms with Crippen molar-refractivity contribution in [2.24, 2.45) is 0 Å². The predicted molar refractivity (Wildman–Crippen MR) is 60.1 cm³/mol. The minimum absolute atomic E-state index is 0.0457. The summed E-state index contributed by atoms with van der Waals surface area (Å²) in [5.74, 6) is 0. The van der Waals surface area contributed by atoms with Crippen molar-refractivity contribution in [3.8, 4) is 0 Å². The molecule has 0 unspecified atom stereocenters. The van der Waals surface area contributed by atoms with E-state index in [1.165, 1.54) is 0 Å². The molecule has 1 aromatic carbocycles. The van der Waals surface area contributed by atoms with Crippen LogP contribution in [0.1, 0.15) is 5.56 Å². The van der Waals surface area contributed by atoms with Crippen molar-refractivity contribution >= 4 is 48.8 Å². The van der Waals surface area contributed by atoms with Crippen molar-refractivity contribution in [1.29, 1.82) is 0 Å². The molecule has 0 spiro atoms. The summed E-state index contributed by atoms with van der Waals surface area (Å²) in [5, 5.41) is 8.71. The maximum Gasteiger partial charge on any atom is 0.188 e. The summed E-state index contributed by atoms with van der Waals surface area (Å²) < 4.78 is 0. The number of hydrogen-bond acceptors (Lipinski definition) is 2. The van der Waals surface area contributed by atoms with E-state index in [0.717, 1.165) is 0 Å². The van der Waals surface area contributed by atoms with E-state index in [-0.39, 0.29) is 5.05 Å². The molecule has 66 valence electrons. The van der Waals surface area contributed by atoms with Crippen LogP contribution < -0.4 is 0 Å². The number of aliphatic hydroxyl groups is 1. The van der Waals surface area contributed by atoms with E-state index in [4.69, 9.17) is 5.11 Å². The third-order valence-electron chi connectivity index (χ3n) is 1.02. The van der Waals surface area contributed by atoms with Crippen LogP contribution in [0.4, 0.5) is 0 Å². The van der Waals surface area contributed by atoms with Gasteiger partial charge >= 0.3 is 0 Å². The van der Waals surface area contributed by atoms with E-state index in [1.54, 1.807) is 12.1 Å². The van der Waals surface area contributed by atoms with Gasteiger partial charge in [-0.15, -0.1) is 0 Å². The average molecular weight is 241 g/mol. The Hall–Kier alpha value is 0.0400. The quantitative estimate of drug-likeness (QED) is 0.752. The lowest BCUT2D eigenvalue weighted by Crippen LogP contribution is -1.91. The van der Waals surface area contributed by atoms with Crippen LogP contribution in [-0.4, -0.2) is 10.2 Å². The molecular weight excluding hydrogens is 235 g/mol. The third-order valence-corrected chi connectivity index (χ3v) is 1.26. The second kappa shape index (κ2) is 7.68. The molecule has 1 nitrogen and oxygen atoms in total. The van der Waals surface area contributed by atoms with Crippen LogP contribution in [-0.2, 0) is 0 Å². The van der Waals surface area contributed by atoms with Gasteiger partial charge in [0.2, 0.25) is 0 Å². The van der Waals surface area contributed by atoms with E-state index in [0.29, 0.717) is 15.8 Å². The molecule has 0 saturated carbocycles. The SMILES string of the molecule is ClSCl.OC(=S)c1ccccc1. The highest BCUT2D eigenvalue weighted by molar-refractivity contribution is 8.38. The van der Waals surface area contributed by atoms with Gasteiger partial charge < -0.3 is 5.11 Å². The molecule has 5 heteroatoms. The first kappa shape index (κ1) is 12.0. The zero-order valence-corrected chi connectivity index (χ0v) is 9.05. The van der Waals surface area contributed by atoms with Gasteiger partial charge in [0.05, 0.1) is 10.2 Å². The topological polar surface area (TPSA) is 20.2 Å². The Morgan fingerprint density at radius 1 is 1.25 bits per heavy atom. The van der Waals surface area contributed by atoms with E-state index >= 15 is 0 Å². The second-order valence-electron chi connectivity index (χ2n) is 1.73. The number of benzene rings is 1. The van der Waals surface area contributed by atoms with Crippen LogP contribution in [0.5, 0.6) is 0 Å². The first-order valence-electron chi connectivity index (χ1n) is 2.90. The summed E-state index contributed by atoms with van der Waals surface area (Å²) in [7, 11) is 10.1. The molecule has 0 atom stereocenters. The molecule has 0 amide bonds. The molecule has 12 heavy (non-hydrogen) atoms. The van der Waals surface area contributed by atoms with E-state index in [9.17, 15) is 0 Å². The molecule has 0 aliphatic heterocycles. The van der Waals surface area contributed by atoms with Gasteiger partial charge in [0.15, 0.2) is 5.05 Å². The highest BCUT2D eigenvalue weighted by Crippen LogP contribution is 2.08. The normalized spacial score (nSPS) is 8.17. The van der Waals surface area contributed by atoms with Gasteiger partial charge in [-0.2, -0.15) is 0 Å². The van der Waals surface area contributed by atoms with Gasteiger partial charge in [-0.1, -0.05) is 30.3 Å². The standard InChI is InChI=1S/C7H6OS.Cl2S/c8-7(9)6-4-2-1-3-5-6;1-3-2/h1-5H,(H,8,9);. The van der Waals surface area contributed by atoms with Gasteiger partial charge in [0.1, 0.15) is 0 Å². The highest BCUT2D eigenvalue weighted by atomic mass is 36.0. The highest BCUT2D eigenvalue weighted by Gasteiger charge is 1.91. The summed E-state index contributed by atoms with van der Waals surface area (Å²) in [5.41, 5.74) is 0.701. The lowest BCUT2D eigenvalue weighted by Gasteiger charge is -1.91. The van der Waals surface area contributed by atoms with Crippen molar-refractivity contribution in [3.05, 3.63) is 35.9 Å². The summed E-state index contributed by atoms with van der Waals surface area (Å²) in [6, 6.07) is 9.07. The summed E-state index contributed by atoms with van der Waals surface area (Å²) >= 11 is 4.52. The number of rotatable bonds is 1. The number of halogens is 2. The molecule has 0 aliphatic rings. The fourth-order valence-electron chi connectivity index (χ4n) is 0.581. The number of aliphatic hydroxyl groups excluding tert-OH is 1. The number of hydrogen-bond donors (Lipinski definition) is 1. The Balaban J connectivity index is 0.000000354. The van der Waals surface area contributed by atoms with Crippen LogP contribution in [0.25, 0.3) is 0 Å². The maximum absolute atomic E-state index is 8.76. The van der Waals surface area contributed by atoms with Crippen LogP contribution in [0.2, 0.25) is 0 Å². The van der Waals surface area contributed by atoms with E-state index < -0.39 is 0 Å². The minimum Gasteiger partial charge on any atom is -0.499 e. The third kappa shape index (κ3) is 5.66. The first-order valence-corrected chi connectivity index (χ1v) is 5.77. The molecule has 0 fully saturated rings. The molecule has 0 heterocycles. The van der Waals surface area contributed by atoms with Crippen LogP contribution in [0.3, 0.4) is 0 Å². The molecule has 1 aromatic rings. The maximum atomic E-state index is 8.76. The summed E-state index contributed by atoms with van der Waals surface area (Å²) in [6.45, 7) is 0. The molecule has 1 rings (SSSR count). The van der Waals surface area contributed by atoms with Crippen molar-refractivity contribution in [3.63, 3.8) is 0 Å². The summed E-state index contributed by atoms with van der Waals surface area (Å²) in [4.78, 5) is 0. The molecule has 0 aromatic heterocycles. The number of thiocarbonyl (C=S) groups is 1. The molecule has 0 radical (unpaired) electrons. The predicted octanol–water partition coefficient (Wildman–Crippen LogP) is 3.95. The molecular formula is C7H6Cl2OS2. The Morgan fingerprint density at radius 2 is 1.67 bits per heavy atom. The molecule has 1 N–H and O–H groups in total. The average Bonchev–Trinajstić information content (AvgIpc) is 2.07. The fraction of sp³-hybridized carbons (Fsp3) is 0. The zero-order chi connectivity index (χ0) is 9.40. The minimum atomic E-state index is -0.0457. The van der Waals surface area contributed by atoms with Crippen LogP contribution in [0.15, 0.2) is 30.3 Å².